The number of aliphatic hydroxyl groups is 1. The largest absolute Gasteiger partial charge is 0.391 e. The summed E-state index contributed by atoms with van der Waals surface area (Å²) in [6.45, 7) is 13.1. The van der Waals surface area contributed by atoms with Crippen LogP contribution in [0.15, 0.2) is 30.3 Å². The molecule has 12 atom stereocenters. The first kappa shape index (κ1) is 75.2. The van der Waals surface area contributed by atoms with E-state index in [0.717, 1.165) is 19.3 Å². The number of aliphatic hydroxyl groups excluding tert-OH is 1. The van der Waals surface area contributed by atoms with Gasteiger partial charge in [0.2, 0.25) is 65.0 Å². The molecule has 1 aromatic carbocycles. The molecule has 1 fully saturated rings. The Morgan fingerprint density at radius 3 is 1.57 bits per heavy atom. The second-order valence-electron chi connectivity index (χ2n) is 23.6. The Kier molecular flexibility index (Phi) is 34.2. The van der Waals surface area contributed by atoms with Crippen molar-refractivity contribution < 1.29 is 57.8 Å². The van der Waals surface area contributed by atoms with Gasteiger partial charge in [-0.3, -0.25) is 52.7 Å². The van der Waals surface area contributed by atoms with E-state index in [9.17, 15) is 57.8 Å². The number of hydrogen-bond acceptors (Lipinski definition) is 17. The zero-order valence-electron chi connectivity index (χ0n) is 51.7. The van der Waals surface area contributed by atoms with Crippen molar-refractivity contribution in [3.05, 3.63) is 35.9 Å². The molecule has 0 unspecified atom stereocenters. The molecule has 2 rings (SSSR count). The molecule has 11 amide bonds. The standard InChI is InChI=1S/C58H102N16O12/c1-9-34(4)15-13-14-18-45(76)65-37(19-25-59)52(81)73-46(35(5)75)56(85)70-40(22-28-62)49(78)69-42-24-30-64-57(86)47(58(6,7)8)74-53(82)41(23-29-63)67-48(77)38(20-26-60)68-54(83)43(31-33(2)3)71-55(84)44(32-36-16-11-10-12-17-36)72-50(79)39(21-27-61)66-51(42)80/h10-12,16-17,33-35,37-44,46-47,75H,9,13-15,18-32,59-63H2,1-8H3,(H,64,86)(H,65,76)(H,66,80)(H,67,77)(H,68,83)(H,69,78)(H,70,85)(H,71,84)(H,72,79)(H,73,81)(H,74,82)/t34-,35+,37-,38-,39-,40-,41-,42-,43-,44+,46-,47+/m0/s1. The van der Waals surface area contributed by atoms with Crippen LogP contribution in [-0.2, 0) is 59.2 Å². The minimum absolute atomic E-state index is 0.00619. The second kappa shape index (κ2) is 39.0. The summed E-state index contributed by atoms with van der Waals surface area (Å²) < 4.78 is 0. The van der Waals surface area contributed by atoms with Gasteiger partial charge in [-0.15, -0.1) is 0 Å². The fourth-order valence-electron chi connectivity index (χ4n) is 9.37. The summed E-state index contributed by atoms with van der Waals surface area (Å²) in [5.74, 6) is -8.77. The summed E-state index contributed by atoms with van der Waals surface area (Å²) in [6, 6.07) is -5.46. The fourth-order valence-corrected chi connectivity index (χ4v) is 9.37. The van der Waals surface area contributed by atoms with Crippen molar-refractivity contribution in [2.75, 3.05) is 39.3 Å². The van der Waals surface area contributed by atoms with E-state index >= 15 is 0 Å². The predicted molar refractivity (Wildman–Crippen MR) is 324 cm³/mol. The summed E-state index contributed by atoms with van der Waals surface area (Å²) in [7, 11) is 0. The van der Waals surface area contributed by atoms with Crippen LogP contribution in [-0.4, -0.2) is 176 Å². The van der Waals surface area contributed by atoms with Gasteiger partial charge in [-0.05, 0) is 114 Å². The third kappa shape index (κ3) is 26.8. The van der Waals surface area contributed by atoms with Crippen LogP contribution in [0.25, 0.3) is 0 Å². The number of amides is 11. The van der Waals surface area contributed by atoms with E-state index in [4.69, 9.17) is 28.7 Å². The molecule has 0 spiro atoms. The predicted octanol–water partition coefficient (Wildman–Crippen LogP) is -3.58. The van der Waals surface area contributed by atoms with Crippen LogP contribution < -0.4 is 87.2 Å². The van der Waals surface area contributed by atoms with Crippen molar-refractivity contribution in [2.45, 2.75) is 205 Å². The van der Waals surface area contributed by atoms with Crippen molar-refractivity contribution in [3.63, 3.8) is 0 Å². The first-order chi connectivity index (χ1) is 40.6. The molecule has 0 saturated carbocycles. The highest BCUT2D eigenvalue weighted by atomic mass is 16.3. The lowest BCUT2D eigenvalue weighted by molar-refractivity contribution is -0.137. The molecule has 1 aliphatic rings. The molecule has 1 saturated heterocycles. The molecule has 0 aromatic heterocycles. The van der Waals surface area contributed by atoms with Crippen LogP contribution in [0.3, 0.4) is 0 Å². The molecule has 28 nitrogen and oxygen atoms in total. The van der Waals surface area contributed by atoms with Crippen molar-refractivity contribution in [3.8, 4) is 0 Å². The smallest absolute Gasteiger partial charge is 0.245 e. The van der Waals surface area contributed by atoms with Crippen LogP contribution in [0.4, 0.5) is 0 Å². The van der Waals surface area contributed by atoms with Crippen LogP contribution in [0.2, 0.25) is 0 Å². The summed E-state index contributed by atoms with van der Waals surface area (Å²) in [6.07, 6.45) is 0.851. The van der Waals surface area contributed by atoms with Gasteiger partial charge in [0.25, 0.3) is 0 Å². The van der Waals surface area contributed by atoms with Gasteiger partial charge in [0.15, 0.2) is 0 Å². The SMILES string of the molecule is CC[C@H](C)CCCCC(=O)N[C@@H](CCN)C(=O)N[C@H](C(=O)N[C@@H](CCN)C(=O)N[C@H]1CCNC(=O)[C@H](C(C)(C)C)NC(=O)[C@H](CCN)NC(=O)[C@H](CCN)NC(=O)[C@H](CC(C)C)NC(=O)[C@@H](Cc2ccccc2)NC(=O)[C@H](CCN)NC1=O)[C@@H](C)O. The Morgan fingerprint density at radius 2 is 1.07 bits per heavy atom. The summed E-state index contributed by atoms with van der Waals surface area (Å²) >= 11 is 0. The summed E-state index contributed by atoms with van der Waals surface area (Å²) in [5.41, 5.74) is 29.1. The van der Waals surface area contributed by atoms with E-state index in [1.54, 1.807) is 65.0 Å². The number of rotatable bonds is 28. The van der Waals surface area contributed by atoms with Crippen molar-refractivity contribution in [1.82, 2.24) is 58.5 Å². The first-order valence-corrected chi connectivity index (χ1v) is 30.2. The Balaban J connectivity index is 2.70. The monoisotopic (exact) mass is 1210 g/mol. The van der Waals surface area contributed by atoms with Crippen molar-refractivity contribution in [1.29, 1.82) is 0 Å². The molecule has 86 heavy (non-hydrogen) atoms. The van der Waals surface area contributed by atoms with Crippen molar-refractivity contribution >= 4 is 65.0 Å². The van der Waals surface area contributed by atoms with Crippen LogP contribution in [0, 0.1) is 17.3 Å². The normalized spacial score (nSPS) is 22.6. The van der Waals surface area contributed by atoms with Gasteiger partial charge >= 0.3 is 0 Å². The second-order valence-corrected chi connectivity index (χ2v) is 23.6. The lowest BCUT2D eigenvalue weighted by atomic mass is 9.85. The molecule has 0 bridgehead atoms. The molecule has 28 heteroatoms. The first-order valence-electron chi connectivity index (χ1n) is 30.2. The van der Waals surface area contributed by atoms with Gasteiger partial charge in [-0.1, -0.05) is 98.1 Å². The zero-order valence-corrected chi connectivity index (χ0v) is 51.7. The van der Waals surface area contributed by atoms with E-state index in [0.29, 0.717) is 17.9 Å². The number of nitrogens with two attached hydrogens (primary N) is 5. The van der Waals surface area contributed by atoms with E-state index in [1.807, 2.05) is 0 Å². The molecule has 1 aliphatic heterocycles. The maximum Gasteiger partial charge on any atom is 0.245 e. The highest BCUT2D eigenvalue weighted by Gasteiger charge is 2.39. The Hall–Kier alpha value is -6.85. The fraction of sp³-hybridized carbons (Fsp3) is 0.707. The van der Waals surface area contributed by atoms with Gasteiger partial charge < -0.3 is 92.3 Å². The Bertz CT molecular complexity index is 2360. The highest BCUT2D eigenvalue weighted by molar-refractivity contribution is 5.99. The van der Waals surface area contributed by atoms with E-state index in [2.05, 4.69) is 72.3 Å². The van der Waals surface area contributed by atoms with Gasteiger partial charge in [-0.2, -0.15) is 0 Å². The zero-order chi connectivity index (χ0) is 64.7. The lowest BCUT2D eigenvalue weighted by Crippen LogP contribution is -2.62. The van der Waals surface area contributed by atoms with Crippen LogP contribution >= 0.6 is 0 Å². The highest BCUT2D eigenvalue weighted by Crippen LogP contribution is 2.20. The van der Waals surface area contributed by atoms with Gasteiger partial charge in [0.05, 0.1) is 6.10 Å². The maximum absolute atomic E-state index is 14.6. The molecule has 1 aromatic rings. The molecular weight excluding hydrogens is 1110 g/mol. The third-order valence-corrected chi connectivity index (χ3v) is 14.6. The Morgan fingerprint density at radius 1 is 0.581 bits per heavy atom. The number of hydrogen-bond donors (Lipinski definition) is 17. The number of carbonyl (C=O) groups excluding carboxylic acids is 11. The summed E-state index contributed by atoms with van der Waals surface area (Å²) in [4.78, 5) is 155. The van der Waals surface area contributed by atoms with Gasteiger partial charge in [0.1, 0.15) is 60.4 Å². The van der Waals surface area contributed by atoms with Gasteiger partial charge in [-0.25, -0.2) is 0 Å². The average Bonchev–Trinajstić information content (AvgIpc) is 3.66. The number of carbonyl (C=O) groups is 11. The molecule has 22 N–H and O–H groups in total. The van der Waals surface area contributed by atoms with Crippen LogP contribution in [0.1, 0.15) is 138 Å². The topological polar surface area (TPSA) is 470 Å². The maximum atomic E-state index is 14.6. The quantitative estimate of drug-likeness (QED) is 0.0361. The minimum atomic E-state index is -1.68. The molecular formula is C58H102N16O12. The van der Waals surface area contributed by atoms with E-state index in [-0.39, 0.29) is 96.6 Å². The number of unbranched alkanes of at least 4 members (excludes halogenated alkanes) is 1. The molecule has 0 aliphatic carbocycles. The molecule has 486 valence electrons. The lowest BCUT2D eigenvalue weighted by Gasteiger charge is -2.32. The van der Waals surface area contributed by atoms with Crippen molar-refractivity contribution in [2.24, 2.45) is 45.9 Å². The average molecular weight is 1220 g/mol. The van der Waals surface area contributed by atoms with E-state index < -0.39 is 143 Å². The summed E-state index contributed by atoms with van der Waals surface area (Å²) in [5, 5.41) is 39.8. The number of benzene rings is 1. The third-order valence-electron chi connectivity index (χ3n) is 14.6. The van der Waals surface area contributed by atoms with E-state index in [1.165, 1.54) is 6.92 Å². The Labute approximate surface area is 506 Å². The minimum Gasteiger partial charge on any atom is -0.391 e. The van der Waals surface area contributed by atoms with Crippen LogP contribution in [0.5, 0.6) is 0 Å². The molecule has 1 heterocycles. The molecule has 0 radical (unpaired) electrons. The van der Waals surface area contributed by atoms with Gasteiger partial charge in [0, 0.05) is 19.4 Å². The number of nitrogens with one attached hydrogen (secondary N) is 11.